The van der Waals surface area contributed by atoms with Crippen LogP contribution in [0.3, 0.4) is 0 Å². The normalized spacial score (nSPS) is 9.69. The van der Waals surface area contributed by atoms with E-state index < -0.39 is 0 Å². The Morgan fingerprint density at radius 2 is 1.92 bits per heavy atom. The van der Waals surface area contributed by atoms with E-state index in [1.807, 2.05) is 19.9 Å². The van der Waals surface area contributed by atoms with Gasteiger partial charge in [-0.25, -0.2) is 4.39 Å². The number of hydrogen-bond acceptors (Lipinski definition) is 0. The second kappa shape index (κ2) is 4.09. The van der Waals surface area contributed by atoms with Crippen LogP contribution in [-0.4, -0.2) is 0 Å². The van der Waals surface area contributed by atoms with Crippen LogP contribution in [0.4, 0.5) is 4.39 Å². The van der Waals surface area contributed by atoms with Crippen LogP contribution in [0.15, 0.2) is 12.1 Å². The van der Waals surface area contributed by atoms with Crippen LogP contribution in [0.1, 0.15) is 23.1 Å². The summed E-state index contributed by atoms with van der Waals surface area (Å²) < 4.78 is 13.3. The second-order valence-electron chi connectivity index (χ2n) is 3.23. The van der Waals surface area contributed by atoms with Crippen molar-refractivity contribution in [2.75, 3.05) is 0 Å². The quantitative estimate of drug-likeness (QED) is 0.608. The van der Waals surface area contributed by atoms with Crippen molar-refractivity contribution in [3.8, 4) is 12.3 Å². The monoisotopic (exact) mass is 176 g/mol. The third-order valence-electron chi connectivity index (χ3n) is 2.20. The maximum atomic E-state index is 13.3. The molecule has 0 amide bonds. The standard InChI is InChI=1S/C12H13F/c1-4-5-6-11-7-9(2)10(3)8-12(11)13/h1,7-8H,5-6H2,2-3H3. The Balaban J connectivity index is 2.96. The van der Waals surface area contributed by atoms with Crippen molar-refractivity contribution >= 4 is 0 Å². The average Bonchev–Trinajstić information content (AvgIpc) is 2.09. The van der Waals surface area contributed by atoms with Crippen molar-refractivity contribution in [3.63, 3.8) is 0 Å². The van der Waals surface area contributed by atoms with Gasteiger partial charge in [0.15, 0.2) is 0 Å². The predicted octanol–water partition coefficient (Wildman–Crippen LogP) is 3.01. The predicted molar refractivity (Wildman–Crippen MR) is 53.0 cm³/mol. The summed E-state index contributed by atoms with van der Waals surface area (Å²) in [5.41, 5.74) is 2.83. The molecule has 0 bridgehead atoms. The first-order valence-electron chi connectivity index (χ1n) is 4.34. The third kappa shape index (κ3) is 2.32. The van der Waals surface area contributed by atoms with E-state index in [1.165, 1.54) is 0 Å². The summed E-state index contributed by atoms with van der Waals surface area (Å²) in [7, 11) is 0. The Morgan fingerprint density at radius 1 is 1.31 bits per heavy atom. The zero-order valence-corrected chi connectivity index (χ0v) is 8.02. The molecule has 0 unspecified atom stereocenters. The van der Waals surface area contributed by atoms with E-state index in [4.69, 9.17) is 6.42 Å². The number of hydrogen-bond donors (Lipinski definition) is 0. The molecular formula is C12H13F. The van der Waals surface area contributed by atoms with E-state index in [9.17, 15) is 4.39 Å². The largest absolute Gasteiger partial charge is 0.207 e. The molecule has 0 aromatic heterocycles. The maximum absolute atomic E-state index is 13.3. The molecule has 0 N–H and O–H groups in total. The van der Waals surface area contributed by atoms with Gasteiger partial charge in [0.1, 0.15) is 5.82 Å². The van der Waals surface area contributed by atoms with E-state index in [0.29, 0.717) is 12.8 Å². The first kappa shape index (κ1) is 9.80. The molecule has 1 aromatic carbocycles. The Bertz CT molecular complexity index is 345. The Hall–Kier alpha value is -1.29. The van der Waals surface area contributed by atoms with Gasteiger partial charge in [0.05, 0.1) is 0 Å². The first-order chi connectivity index (χ1) is 6.15. The Labute approximate surface area is 78.8 Å². The van der Waals surface area contributed by atoms with Gasteiger partial charge in [-0.2, -0.15) is 0 Å². The van der Waals surface area contributed by atoms with Crippen LogP contribution >= 0.6 is 0 Å². The van der Waals surface area contributed by atoms with Crippen molar-refractivity contribution in [2.24, 2.45) is 0 Å². The summed E-state index contributed by atoms with van der Waals surface area (Å²) in [5, 5.41) is 0. The van der Waals surface area contributed by atoms with Crippen LogP contribution in [-0.2, 0) is 6.42 Å². The summed E-state index contributed by atoms with van der Waals surface area (Å²) in [6, 6.07) is 3.45. The molecule has 0 fully saturated rings. The molecule has 1 rings (SSSR count). The van der Waals surface area contributed by atoms with E-state index >= 15 is 0 Å². The Morgan fingerprint density at radius 3 is 2.54 bits per heavy atom. The topological polar surface area (TPSA) is 0 Å². The molecular weight excluding hydrogens is 163 g/mol. The van der Waals surface area contributed by atoms with Gasteiger partial charge in [0.2, 0.25) is 0 Å². The fraction of sp³-hybridized carbons (Fsp3) is 0.333. The highest BCUT2D eigenvalue weighted by molar-refractivity contribution is 5.31. The van der Waals surface area contributed by atoms with Crippen molar-refractivity contribution in [2.45, 2.75) is 26.7 Å². The van der Waals surface area contributed by atoms with E-state index in [0.717, 1.165) is 16.7 Å². The van der Waals surface area contributed by atoms with E-state index in [2.05, 4.69) is 5.92 Å². The lowest BCUT2D eigenvalue weighted by Gasteiger charge is -2.05. The van der Waals surface area contributed by atoms with Gasteiger partial charge in [-0.1, -0.05) is 6.07 Å². The fourth-order valence-electron chi connectivity index (χ4n) is 1.24. The van der Waals surface area contributed by atoms with Crippen molar-refractivity contribution in [1.82, 2.24) is 0 Å². The lowest BCUT2D eigenvalue weighted by atomic mass is 10.0. The number of benzene rings is 1. The zero-order chi connectivity index (χ0) is 9.84. The van der Waals surface area contributed by atoms with E-state index in [1.54, 1.807) is 6.07 Å². The van der Waals surface area contributed by atoms with Crippen molar-refractivity contribution < 1.29 is 4.39 Å². The lowest BCUT2D eigenvalue weighted by Crippen LogP contribution is -1.93. The van der Waals surface area contributed by atoms with Crippen LogP contribution in [0.2, 0.25) is 0 Å². The second-order valence-corrected chi connectivity index (χ2v) is 3.23. The molecule has 0 aliphatic heterocycles. The molecule has 68 valence electrons. The van der Waals surface area contributed by atoms with Crippen LogP contribution in [0, 0.1) is 32.0 Å². The third-order valence-corrected chi connectivity index (χ3v) is 2.20. The van der Waals surface area contributed by atoms with Crippen LogP contribution in [0.25, 0.3) is 0 Å². The van der Waals surface area contributed by atoms with Gasteiger partial charge < -0.3 is 0 Å². The number of terminal acetylenes is 1. The van der Waals surface area contributed by atoms with Crippen LogP contribution < -0.4 is 0 Å². The molecule has 1 heteroatoms. The highest BCUT2D eigenvalue weighted by Gasteiger charge is 2.03. The molecule has 0 atom stereocenters. The molecule has 0 heterocycles. The summed E-state index contributed by atoms with van der Waals surface area (Å²) in [6.07, 6.45) is 6.35. The van der Waals surface area contributed by atoms with Gasteiger partial charge in [-0.3, -0.25) is 0 Å². The molecule has 1 aromatic rings. The SMILES string of the molecule is C#CCCc1cc(C)c(C)cc1F. The minimum Gasteiger partial charge on any atom is -0.207 e. The smallest absolute Gasteiger partial charge is 0.126 e. The lowest BCUT2D eigenvalue weighted by molar-refractivity contribution is 0.608. The van der Waals surface area contributed by atoms with Gasteiger partial charge >= 0.3 is 0 Å². The summed E-state index contributed by atoms with van der Waals surface area (Å²) in [5.74, 6) is 2.37. The molecule has 13 heavy (non-hydrogen) atoms. The van der Waals surface area contributed by atoms with Crippen LogP contribution in [0.5, 0.6) is 0 Å². The number of halogens is 1. The van der Waals surface area contributed by atoms with Gasteiger partial charge in [0, 0.05) is 6.42 Å². The fourth-order valence-corrected chi connectivity index (χ4v) is 1.24. The average molecular weight is 176 g/mol. The molecule has 0 nitrogen and oxygen atoms in total. The minimum absolute atomic E-state index is 0.140. The van der Waals surface area contributed by atoms with Crippen molar-refractivity contribution in [1.29, 1.82) is 0 Å². The molecule has 0 saturated heterocycles. The highest BCUT2D eigenvalue weighted by atomic mass is 19.1. The zero-order valence-electron chi connectivity index (χ0n) is 8.02. The molecule has 0 aliphatic rings. The molecule has 0 radical (unpaired) electrons. The first-order valence-corrected chi connectivity index (χ1v) is 4.34. The Kier molecular flexibility index (Phi) is 3.08. The number of rotatable bonds is 2. The summed E-state index contributed by atoms with van der Waals surface area (Å²) >= 11 is 0. The summed E-state index contributed by atoms with van der Waals surface area (Å²) in [4.78, 5) is 0. The molecule has 0 spiro atoms. The van der Waals surface area contributed by atoms with E-state index in [-0.39, 0.29) is 5.82 Å². The van der Waals surface area contributed by atoms with Gasteiger partial charge in [-0.15, -0.1) is 12.3 Å². The van der Waals surface area contributed by atoms with Gasteiger partial charge in [0.25, 0.3) is 0 Å². The summed E-state index contributed by atoms with van der Waals surface area (Å²) in [6.45, 7) is 3.89. The minimum atomic E-state index is -0.140. The molecule has 0 aliphatic carbocycles. The molecule has 0 saturated carbocycles. The van der Waals surface area contributed by atoms with Crippen molar-refractivity contribution in [3.05, 3.63) is 34.6 Å². The maximum Gasteiger partial charge on any atom is 0.126 e. The highest BCUT2D eigenvalue weighted by Crippen LogP contribution is 2.15. The van der Waals surface area contributed by atoms with Gasteiger partial charge in [-0.05, 0) is 43.0 Å². The number of aryl methyl sites for hydroxylation is 3.